The molecule has 10 heavy (non-hydrogen) atoms. The van der Waals surface area contributed by atoms with E-state index in [1.54, 1.807) is 0 Å². The van der Waals surface area contributed by atoms with Gasteiger partial charge in [0.1, 0.15) is 0 Å². The van der Waals surface area contributed by atoms with E-state index in [4.69, 9.17) is 5.73 Å². The van der Waals surface area contributed by atoms with Gasteiger partial charge < -0.3 is 11.2 Å². The Kier molecular flexibility index (Phi) is 1.17. The van der Waals surface area contributed by atoms with E-state index in [2.05, 4.69) is 16.9 Å². The van der Waals surface area contributed by atoms with Crippen LogP contribution in [0.4, 0.5) is 0 Å². The third-order valence-corrected chi connectivity index (χ3v) is 1.98. The van der Waals surface area contributed by atoms with Gasteiger partial charge in [-0.15, -0.1) is 0 Å². The van der Waals surface area contributed by atoms with Crippen molar-refractivity contribution in [2.24, 2.45) is 11.7 Å². The summed E-state index contributed by atoms with van der Waals surface area (Å²) in [5.41, 5.74) is 13.9. The fourth-order valence-electron chi connectivity index (χ4n) is 1.37. The molecule has 0 aromatic rings. The fraction of sp³-hybridized carbons (Fsp3) is 0.429. The maximum atomic E-state index is 5.61. The van der Waals surface area contributed by atoms with Crippen molar-refractivity contribution in [1.29, 1.82) is 0 Å². The van der Waals surface area contributed by atoms with Gasteiger partial charge in [-0.2, -0.15) is 0 Å². The second kappa shape index (κ2) is 2.02. The zero-order chi connectivity index (χ0) is 6.97. The first-order chi connectivity index (χ1) is 4.86. The summed E-state index contributed by atoms with van der Waals surface area (Å²) in [4.78, 5) is 0. The standard InChI is InChI=1S/C7H11N3/c8-6-2-1-5-4-9-10-7(5)3-6/h2-3,5,9-10H,1,4,8H2. The number of rotatable bonds is 0. The molecule has 1 saturated heterocycles. The predicted octanol–water partition coefficient (Wildman–Crippen LogP) is -0.159. The quantitative estimate of drug-likeness (QED) is 0.435. The molecule has 54 valence electrons. The Morgan fingerprint density at radius 1 is 1.60 bits per heavy atom. The van der Waals surface area contributed by atoms with Crippen molar-refractivity contribution in [2.75, 3.05) is 6.54 Å². The van der Waals surface area contributed by atoms with Gasteiger partial charge in [0.25, 0.3) is 0 Å². The van der Waals surface area contributed by atoms with E-state index in [1.165, 1.54) is 5.70 Å². The summed E-state index contributed by atoms with van der Waals surface area (Å²) in [5.74, 6) is 0.632. The Hall–Kier alpha value is -0.960. The van der Waals surface area contributed by atoms with Crippen LogP contribution in [0.3, 0.4) is 0 Å². The molecule has 1 heterocycles. The lowest BCUT2D eigenvalue weighted by Gasteiger charge is -2.12. The van der Waals surface area contributed by atoms with Crippen molar-refractivity contribution in [3.63, 3.8) is 0 Å². The van der Waals surface area contributed by atoms with Gasteiger partial charge in [0.05, 0.1) is 0 Å². The van der Waals surface area contributed by atoms with Crippen molar-refractivity contribution in [2.45, 2.75) is 6.42 Å². The molecule has 0 bridgehead atoms. The van der Waals surface area contributed by atoms with E-state index in [9.17, 15) is 0 Å². The summed E-state index contributed by atoms with van der Waals surface area (Å²) in [6, 6.07) is 0. The Bertz CT molecular complexity index is 205. The van der Waals surface area contributed by atoms with Crippen LogP contribution in [-0.2, 0) is 0 Å². The number of hydrazine groups is 1. The van der Waals surface area contributed by atoms with Gasteiger partial charge in [-0.1, -0.05) is 6.08 Å². The maximum Gasteiger partial charge on any atom is 0.0329 e. The molecule has 0 radical (unpaired) electrons. The van der Waals surface area contributed by atoms with E-state index >= 15 is 0 Å². The van der Waals surface area contributed by atoms with Crippen LogP contribution in [0, 0.1) is 5.92 Å². The van der Waals surface area contributed by atoms with E-state index < -0.39 is 0 Å². The fourth-order valence-corrected chi connectivity index (χ4v) is 1.37. The topological polar surface area (TPSA) is 50.1 Å². The third kappa shape index (κ3) is 0.789. The number of hydrogen-bond acceptors (Lipinski definition) is 3. The molecule has 1 unspecified atom stereocenters. The van der Waals surface area contributed by atoms with E-state index in [1.807, 2.05) is 6.08 Å². The Labute approximate surface area is 59.9 Å². The van der Waals surface area contributed by atoms with Crippen molar-refractivity contribution in [1.82, 2.24) is 10.9 Å². The monoisotopic (exact) mass is 137 g/mol. The summed E-state index contributed by atoms with van der Waals surface area (Å²) < 4.78 is 0. The van der Waals surface area contributed by atoms with Gasteiger partial charge >= 0.3 is 0 Å². The molecule has 0 aromatic carbocycles. The van der Waals surface area contributed by atoms with E-state index in [0.717, 1.165) is 18.7 Å². The van der Waals surface area contributed by atoms with Gasteiger partial charge in [0.2, 0.25) is 0 Å². The Balaban J connectivity index is 2.24. The highest BCUT2D eigenvalue weighted by Crippen LogP contribution is 2.21. The minimum absolute atomic E-state index is 0.632. The zero-order valence-electron chi connectivity index (χ0n) is 5.72. The second-order valence-corrected chi connectivity index (χ2v) is 2.74. The van der Waals surface area contributed by atoms with Gasteiger partial charge in [0, 0.05) is 23.9 Å². The smallest absolute Gasteiger partial charge is 0.0329 e. The lowest BCUT2D eigenvalue weighted by Crippen LogP contribution is -2.20. The van der Waals surface area contributed by atoms with Crippen LogP contribution in [0.1, 0.15) is 6.42 Å². The van der Waals surface area contributed by atoms with Crippen LogP contribution in [-0.4, -0.2) is 6.54 Å². The normalized spacial score (nSPS) is 30.2. The van der Waals surface area contributed by atoms with Crippen LogP contribution in [0.2, 0.25) is 0 Å². The second-order valence-electron chi connectivity index (χ2n) is 2.74. The maximum absolute atomic E-state index is 5.61. The summed E-state index contributed by atoms with van der Waals surface area (Å²) in [5, 5.41) is 0. The summed E-state index contributed by atoms with van der Waals surface area (Å²) >= 11 is 0. The highest BCUT2D eigenvalue weighted by atomic mass is 15.4. The van der Waals surface area contributed by atoms with Crippen LogP contribution >= 0.6 is 0 Å². The minimum Gasteiger partial charge on any atom is -0.399 e. The Morgan fingerprint density at radius 3 is 3.40 bits per heavy atom. The van der Waals surface area contributed by atoms with Crippen molar-refractivity contribution in [3.05, 3.63) is 23.5 Å². The summed E-state index contributed by atoms with van der Waals surface area (Å²) in [6.07, 6.45) is 5.13. The van der Waals surface area contributed by atoms with E-state index in [-0.39, 0.29) is 0 Å². The molecule has 0 spiro atoms. The lowest BCUT2D eigenvalue weighted by molar-refractivity contribution is 0.648. The largest absolute Gasteiger partial charge is 0.399 e. The average Bonchev–Trinajstić information content (AvgIpc) is 2.33. The van der Waals surface area contributed by atoms with Gasteiger partial charge in [-0.3, -0.25) is 0 Å². The first-order valence-electron chi connectivity index (χ1n) is 3.52. The van der Waals surface area contributed by atoms with Gasteiger partial charge in [0.15, 0.2) is 0 Å². The van der Waals surface area contributed by atoms with Crippen LogP contribution in [0.25, 0.3) is 0 Å². The zero-order valence-corrected chi connectivity index (χ0v) is 5.72. The molecular formula is C7H11N3. The first kappa shape index (κ1) is 5.80. The summed E-state index contributed by atoms with van der Waals surface area (Å²) in [7, 11) is 0. The highest BCUT2D eigenvalue weighted by Gasteiger charge is 2.21. The highest BCUT2D eigenvalue weighted by molar-refractivity contribution is 5.28. The van der Waals surface area contributed by atoms with Crippen LogP contribution < -0.4 is 16.6 Å². The Morgan fingerprint density at radius 2 is 2.50 bits per heavy atom. The lowest BCUT2D eigenvalue weighted by atomic mass is 9.97. The number of fused-ring (bicyclic) bond motifs is 1. The molecule has 1 fully saturated rings. The van der Waals surface area contributed by atoms with Crippen molar-refractivity contribution < 1.29 is 0 Å². The SMILES string of the molecule is NC1=CCC2CNNC2=C1. The van der Waals surface area contributed by atoms with Crippen LogP contribution in [0.5, 0.6) is 0 Å². The molecule has 4 N–H and O–H groups in total. The average molecular weight is 137 g/mol. The molecule has 0 amide bonds. The number of nitrogens with one attached hydrogen (secondary N) is 2. The minimum atomic E-state index is 0.632. The molecule has 1 atom stereocenters. The van der Waals surface area contributed by atoms with Crippen molar-refractivity contribution >= 4 is 0 Å². The molecule has 1 aliphatic carbocycles. The number of hydrogen-bond donors (Lipinski definition) is 3. The molecule has 2 aliphatic rings. The van der Waals surface area contributed by atoms with Gasteiger partial charge in [-0.05, 0) is 12.5 Å². The number of allylic oxidation sites excluding steroid dienone is 2. The third-order valence-electron chi connectivity index (χ3n) is 1.98. The summed E-state index contributed by atoms with van der Waals surface area (Å²) in [6.45, 7) is 1.02. The van der Waals surface area contributed by atoms with E-state index in [0.29, 0.717) is 5.92 Å². The van der Waals surface area contributed by atoms with Crippen molar-refractivity contribution in [3.8, 4) is 0 Å². The van der Waals surface area contributed by atoms with Gasteiger partial charge in [-0.25, -0.2) is 5.43 Å². The molecular weight excluding hydrogens is 126 g/mol. The first-order valence-corrected chi connectivity index (χ1v) is 3.52. The predicted molar refractivity (Wildman–Crippen MR) is 39.6 cm³/mol. The molecule has 3 heteroatoms. The molecule has 1 aliphatic heterocycles. The molecule has 0 saturated carbocycles. The van der Waals surface area contributed by atoms with Crippen LogP contribution in [0.15, 0.2) is 23.5 Å². The molecule has 3 nitrogen and oxygen atoms in total. The number of nitrogens with two attached hydrogens (primary N) is 1. The molecule has 2 rings (SSSR count). The molecule has 0 aromatic heterocycles.